The second-order valence-corrected chi connectivity index (χ2v) is 17.2. The third-order valence-electron chi connectivity index (χ3n) is 11.0. The highest BCUT2D eigenvalue weighted by Crippen LogP contribution is 2.40. The maximum absolute atomic E-state index is 12.0. The number of thiazole rings is 2. The fraction of sp³-hybridized carbons (Fsp3) is 0.0370. The summed E-state index contributed by atoms with van der Waals surface area (Å²) in [5.41, 5.74) is 10.7. The number of aliphatic hydroxyl groups is 2. The molecule has 10 heteroatoms. The quantitative estimate of drug-likeness (QED) is 0.142. The molecule has 0 aliphatic heterocycles. The average Bonchev–Trinajstić information content (AvgIpc) is 4.11. The molecule has 0 saturated carbocycles. The predicted octanol–water partition coefficient (Wildman–Crippen LogP) is 13.6. The largest absolute Gasteiger partial charge is 0.374 e. The Morgan fingerprint density at radius 2 is 0.812 bits per heavy atom. The number of aromatic nitrogens is 4. The van der Waals surface area contributed by atoms with Gasteiger partial charge in [-0.15, -0.1) is 22.7 Å². The number of halogens is 2. The van der Waals surface area contributed by atoms with E-state index in [2.05, 4.69) is 68.5 Å². The van der Waals surface area contributed by atoms with Gasteiger partial charge in [-0.05, 0) is 105 Å². The van der Waals surface area contributed by atoms with Crippen LogP contribution >= 0.6 is 45.9 Å². The van der Waals surface area contributed by atoms with Gasteiger partial charge in [0.2, 0.25) is 0 Å². The standard InChI is InChI=1S/2C27H19ClN2OS/c2*28-23-11-8-21(9-12-23)27(31,26-17-32-18-30-26)22-10-13-25-24(16-22)20(14-15-29-25)7-6-19-4-2-1-3-5-19/h2*1-18,31H/b7-6+;7-6-. The van der Waals surface area contributed by atoms with Crippen LogP contribution < -0.4 is 0 Å². The van der Waals surface area contributed by atoms with E-state index in [1.807, 2.05) is 120 Å². The van der Waals surface area contributed by atoms with Crippen molar-refractivity contribution in [1.29, 1.82) is 0 Å². The molecule has 2 unspecified atom stereocenters. The number of pyridine rings is 2. The molecular formula is C54H38Cl2N4O2S2. The molecule has 64 heavy (non-hydrogen) atoms. The van der Waals surface area contributed by atoms with Crippen LogP contribution in [0.25, 0.3) is 46.1 Å². The number of hydrogen-bond acceptors (Lipinski definition) is 8. The number of hydrogen-bond donors (Lipinski definition) is 2. The summed E-state index contributed by atoms with van der Waals surface area (Å²) in [6.07, 6.45) is 11.9. The molecule has 2 N–H and O–H groups in total. The van der Waals surface area contributed by atoms with E-state index >= 15 is 0 Å². The lowest BCUT2D eigenvalue weighted by Crippen LogP contribution is -2.29. The zero-order valence-electron chi connectivity index (χ0n) is 34.0. The van der Waals surface area contributed by atoms with E-state index < -0.39 is 11.2 Å². The molecule has 4 heterocycles. The highest BCUT2D eigenvalue weighted by Gasteiger charge is 2.37. The molecule has 0 bridgehead atoms. The second kappa shape index (κ2) is 19.0. The van der Waals surface area contributed by atoms with Crippen molar-refractivity contribution in [3.8, 4) is 0 Å². The molecule has 10 rings (SSSR count). The maximum Gasteiger partial charge on any atom is 0.158 e. The first-order valence-electron chi connectivity index (χ1n) is 20.3. The summed E-state index contributed by atoms with van der Waals surface area (Å²) < 4.78 is 0. The second-order valence-electron chi connectivity index (χ2n) is 14.9. The molecular weight excluding hydrogens is 872 g/mol. The maximum atomic E-state index is 12.0. The Morgan fingerprint density at radius 3 is 1.19 bits per heavy atom. The Labute approximate surface area is 388 Å². The topological polar surface area (TPSA) is 92.0 Å². The van der Waals surface area contributed by atoms with Crippen molar-refractivity contribution in [2.75, 3.05) is 0 Å². The van der Waals surface area contributed by atoms with Crippen molar-refractivity contribution in [3.05, 3.63) is 258 Å². The number of nitrogens with zero attached hydrogens (tertiary/aromatic N) is 4. The van der Waals surface area contributed by atoms with Gasteiger partial charge in [-0.25, -0.2) is 9.97 Å². The normalized spacial score (nSPS) is 13.4. The van der Waals surface area contributed by atoms with Crippen molar-refractivity contribution in [3.63, 3.8) is 0 Å². The van der Waals surface area contributed by atoms with Crippen molar-refractivity contribution in [1.82, 2.24) is 19.9 Å². The summed E-state index contributed by atoms with van der Waals surface area (Å²) in [5, 5.41) is 30.9. The van der Waals surface area contributed by atoms with E-state index in [9.17, 15) is 10.2 Å². The zero-order valence-corrected chi connectivity index (χ0v) is 37.2. The minimum Gasteiger partial charge on any atom is -0.374 e. The van der Waals surface area contributed by atoms with Gasteiger partial charge in [0.25, 0.3) is 0 Å². The summed E-state index contributed by atoms with van der Waals surface area (Å²) in [6.45, 7) is 0. The van der Waals surface area contributed by atoms with Crippen LogP contribution in [0.5, 0.6) is 0 Å². The van der Waals surface area contributed by atoms with E-state index in [-0.39, 0.29) is 0 Å². The van der Waals surface area contributed by atoms with Crippen molar-refractivity contribution in [2.24, 2.45) is 0 Å². The van der Waals surface area contributed by atoms with Gasteiger partial charge in [0.1, 0.15) is 0 Å². The van der Waals surface area contributed by atoms with Gasteiger partial charge in [-0.1, -0.05) is 145 Å². The SMILES string of the molecule is OC(c1ccc(Cl)cc1)(c1ccc2nccc(/C=C/c3ccccc3)c2c1)c1cscn1.OC(c1ccc(Cl)cc1)(c1ccc2nccc(/C=C\c3ccccc3)c2c1)c1cscn1. The molecule has 0 fully saturated rings. The Morgan fingerprint density at radius 1 is 0.422 bits per heavy atom. The third kappa shape index (κ3) is 8.94. The van der Waals surface area contributed by atoms with Crippen molar-refractivity contribution < 1.29 is 10.2 Å². The van der Waals surface area contributed by atoms with Gasteiger partial charge in [-0.3, -0.25) is 9.97 Å². The van der Waals surface area contributed by atoms with Gasteiger partial charge in [0.05, 0.1) is 33.4 Å². The van der Waals surface area contributed by atoms with Crippen LogP contribution in [0.3, 0.4) is 0 Å². The molecule has 0 saturated heterocycles. The Hall–Kier alpha value is -6.62. The lowest BCUT2D eigenvalue weighted by molar-refractivity contribution is 0.121. The van der Waals surface area contributed by atoms with Gasteiger partial charge >= 0.3 is 0 Å². The molecule has 0 aliphatic rings. The minimum absolute atomic E-state index is 0.578. The monoisotopic (exact) mass is 908 g/mol. The van der Waals surface area contributed by atoms with Gasteiger partial charge in [0.15, 0.2) is 11.2 Å². The van der Waals surface area contributed by atoms with Crippen LogP contribution in [-0.2, 0) is 11.2 Å². The van der Waals surface area contributed by atoms with E-state index in [1.165, 1.54) is 22.7 Å². The van der Waals surface area contributed by atoms with E-state index in [0.29, 0.717) is 32.6 Å². The van der Waals surface area contributed by atoms with Crippen LogP contribution in [0.1, 0.15) is 55.9 Å². The molecule has 0 amide bonds. The van der Waals surface area contributed by atoms with Crippen LogP contribution in [0.15, 0.2) is 192 Å². The average molecular weight is 910 g/mol. The van der Waals surface area contributed by atoms with Crippen LogP contribution in [0, 0.1) is 0 Å². The lowest BCUT2D eigenvalue weighted by atomic mass is 9.83. The number of benzene rings is 6. The molecule has 10 aromatic rings. The van der Waals surface area contributed by atoms with Gasteiger partial charge in [-0.2, -0.15) is 0 Å². The predicted molar refractivity (Wildman–Crippen MR) is 266 cm³/mol. The highest BCUT2D eigenvalue weighted by atomic mass is 35.5. The summed E-state index contributed by atoms with van der Waals surface area (Å²) in [6, 6.07) is 50.5. The van der Waals surface area contributed by atoms with E-state index in [1.54, 1.807) is 47.7 Å². The van der Waals surface area contributed by atoms with Crippen LogP contribution in [0.4, 0.5) is 0 Å². The summed E-state index contributed by atoms with van der Waals surface area (Å²) in [4.78, 5) is 17.9. The zero-order chi connectivity index (χ0) is 43.9. The molecule has 312 valence electrons. The van der Waals surface area contributed by atoms with Crippen molar-refractivity contribution >= 4 is 92.0 Å². The molecule has 4 aromatic heterocycles. The molecule has 6 nitrogen and oxygen atoms in total. The summed E-state index contributed by atoms with van der Waals surface area (Å²) in [5.74, 6) is 0. The fourth-order valence-electron chi connectivity index (χ4n) is 7.67. The fourth-order valence-corrected chi connectivity index (χ4v) is 9.11. The Bertz CT molecular complexity index is 2980. The summed E-state index contributed by atoms with van der Waals surface area (Å²) >= 11 is 15.1. The molecule has 2 atom stereocenters. The van der Waals surface area contributed by atoms with Gasteiger partial charge < -0.3 is 10.2 Å². The van der Waals surface area contributed by atoms with Gasteiger partial charge in [0, 0.05) is 44.0 Å². The molecule has 0 radical (unpaired) electrons. The smallest absolute Gasteiger partial charge is 0.158 e. The first-order valence-corrected chi connectivity index (χ1v) is 22.9. The van der Waals surface area contributed by atoms with Crippen LogP contribution in [-0.4, -0.2) is 30.1 Å². The van der Waals surface area contributed by atoms with E-state index in [4.69, 9.17) is 23.2 Å². The Balaban J connectivity index is 0.000000162. The first-order chi connectivity index (χ1) is 31.3. The molecule has 6 aromatic carbocycles. The number of fused-ring (bicyclic) bond motifs is 2. The third-order valence-corrected chi connectivity index (χ3v) is 12.7. The Kier molecular flexibility index (Phi) is 12.7. The summed E-state index contributed by atoms with van der Waals surface area (Å²) in [7, 11) is 0. The lowest BCUT2D eigenvalue weighted by Gasteiger charge is -2.28. The minimum atomic E-state index is -1.41. The molecule has 0 spiro atoms. The molecule has 0 aliphatic carbocycles. The highest BCUT2D eigenvalue weighted by molar-refractivity contribution is 7.07. The number of rotatable bonds is 10. The van der Waals surface area contributed by atoms with Crippen molar-refractivity contribution in [2.45, 2.75) is 11.2 Å². The van der Waals surface area contributed by atoms with Crippen LogP contribution in [0.2, 0.25) is 10.0 Å². The van der Waals surface area contributed by atoms with E-state index in [0.717, 1.165) is 55.2 Å². The first kappa shape index (κ1) is 42.7.